The van der Waals surface area contributed by atoms with Gasteiger partial charge in [-0.2, -0.15) is 8.42 Å². The first-order chi connectivity index (χ1) is 14.2. The fraction of sp³-hybridized carbons (Fsp3) is 0.333. The molecule has 9 heteroatoms. The highest BCUT2D eigenvalue weighted by Crippen LogP contribution is 2.15. The number of rotatable bonds is 11. The molecule has 2 rings (SSSR count). The lowest BCUT2D eigenvalue weighted by molar-refractivity contribution is -0.149. The van der Waals surface area contributed by atoms with E-state index in [1.54, 1.807) is 26.0 Å². The lowest BCUT2D eigenvalue weighted by atomic mass is 10.0. The molecule has 0 fully saturated rings. The molecule has 0 radical (unpaired) electrons. The van der Waals surface area contributed by atoms with Gasteiger partial charge in [-0.05, 0) is 48.7 Å². The van der Waals surface area contributed by atoms with Gasteiger partial charge < -0.3 is 18.9 Å². The summed E-state index contributed by atoms with van der Waals surface area (Å²) in [5.41, 5.74) is 3.06. The maximum atomic E-state index is 11.3. The summed E-state index contributed by atoms with van der Waals surface area (Å²) in [7, 11) is -3.56. The van der Waals surface area contributed by atoms with Gasteiger partial charge in [-0.15, -0.1) is 0 Å². The Morgan fingerprint density at radius 2 is 1.83 bits per heavy atom. The molecule has 162 valence electrons. The average molecular weight is 435 g/mol. The van der Waals surface area contributed by atoms with Crippen molar-refractivity contribution in [3.05, 3.63) is 65.2 Å². The maximum Gasteiger partial charge on any atom is 0.333 e. The number of hydrogen-bond acceptors (Lipinski definition) is 7. The van der Waals surface area contributed by atoms with Crippen LogP contribution in [0.5, 0.6) is 5.75 Å². The predicted octanol–water partition coefficient (Wildman–Crippen LogP) is 3.00. The Balaban J connectivity index is 1.98. The Kier molecular flexibility index (Phi) is 8.37. The summed E-state index contributed by atoms with van der Waals surface area (Å²) in [6.45, 7) is 4.07. The molecule has 0 aromatic heterocycles. The lowest BCUT2D eigenvalue weighted by Crippen LogP contribution is -2.26. The summed E-state index contributed by atoms with van der Waals surface area (Å²) >= 11 is 0. The van der Waals surface area contributed by atoms with Gasteiger partial charge in [0.15, 0.2) is 6.10 Å². The zero-order chi connectivity index (χ0) is 22.1. The molecule has 30 heavy (non-hydrogen) atoms. The van der Waals surface area contributed by atoms with Gasteiger partial charge in [-0.1, -0.05) is 35.5 Å². The normalized spacial score (nSPS) is 13.0. The first kappa shape index (κ1) is 23.4. The third kappa shape index (κ3) is 7.84. The third-order valence-corrected chi connectivity index (χ3v) is 4.51. The third-order valence-electron chi connectivity index (χ3n) is 4.01. The van der Waals surface area contributed by atoms with E-state index in [0.29, 0.717) is 12.3 Å². The Bertz CT molecular complexity index is 985. The largest absolute Gasteiger partial charge is 0.479 e. The van der Waals surface area contributed by atoms with E-state index in [4.69, 9.17) is 13.8 Å². The van der Waals surface area contributed by atoms with Crippen LogP contribution in [0.4, 0.5) is 0 Å². The van der Waals surface area contributed by atoms with E-state index < -0.39 is 22.2 Å². The van der Waals surface area contributed by atoms with Crippen molar-refractivity contribution in [2.45, 2.75) is 33.0 Å². The number of aliphatic carboxylic acids is 1. The van der Waals surface area contributed by atoms with Crippen molar-refractivity contribution in [2.24, 2.45) is 5.16 Å². The fourth-order valence-corrected chi connectivity index (χ4v) is 3.09. The van der Waals surface area contributed by atoms with Crippen molar-refractivity contribution in [3.8, 4) is 5.75 Å². The average Bonchev–Trinajstić information content (AvgIpc) is 2.68. The molecule has 0 aliphatic rings. The Hall–Kier alpha value is -2.91. The summed E-state index contributed by atoms with van der Waals surface area (Å²) < 4.78 is 32.3. The second-order valence-corrected chi connectivity index (χ2v) is 8.14. The van der Waals surface area contributed by atoms with Gasteiger partial charge in [0, 0.05) is 13.0 Å². The molecule has 0 spiro atoms. The summed E-state index contributed by atoms with van der Waals surface area (Å²) in [6.07, 6.45) is 0.343. The van der Waals surface area contributed by atoms with E-state index in [1.165, 1.54) is 12.1 Å². The number of hydrogen-bond donors (Lipinski definition) is 1. The van der Waals surface area contributed by atoms with Crippen LogP contribution in [-0.4, -0.2) is 44.2 Å². The van der Waals surface area contributed by atoms with Gasteiger partial charge in [-0.3, -0.25) is 0 Å². The molecule has 8 nitrogen and oxygen atoms in total. The lowest BCUT2D eigenvalue weighted by Gasteiger charge is -2.13. The summed E-state index contributed by atoms with van der Waals surface area (Å²) in [6, 6.07) is 13.8. The van der Waals surface area contributed by atoms with Gasteiger partial charge in [0.2, 0.25) is 0 Å². The van der Waals surface area contributed by atoms with Crippen molar-refractivity contribution >= 4 is 21.8 Å². The van der Waals surface area contributed by atoms with E-state index >= 15 is 0 Å². The smallest absolute Gasteiger partial charge is 0.333 e. The zero-order valence-electron chi connectivity index (χ0n) is 17.1. The molecule has 0 bridgehead atoms. The van der Waals surface area contributed by atoms with Gasteiger partial charge in [-0.25, -0.2) is 4.79 Å². The zero-order valence-corrected chi connectivity index (χ0v) is 17.9. The van der Waals surface area contributed by atoms with Crippen molar-refractivity contribution in [1.82, 2.24) is 0 Å². The first-order valence-corrected chi connectivity index (χ1v) is 11.1. The summed E-state index contributed by atoms with van der Waals surface area (Å²) in [4.78, 5) is 16.7. The van der Waals surface area contributed by atoms with Gasteiger partial charge in [0.1, 0.15) is 12.4 Å². The van der Waals surface area contributed by atoms with Gasteiger partial charge >= 0.3 is 16.1 Å². The van der Waals surface area contributed by atoms with Crippen LogP contribution >= 0.6 is 0 Å². The molecule has 0 heterocycles. The van der Waals surface area contributed by atoms with Crippen molar-refractivity contribution in [1.29, 1.82) is 0 Å². The molecule has 0 unspecified atom stereocenters. The molecule has 0 saturated heterocycles. The predicted molar refractivity (Wildman–Crippen MR) is 112 cm³/mol. The van der Waals surface area contributed by atoms with Crippen molar-refractivity contribution in [3.63, 3.8) is 0 Å². The highest BCUT2D eigenvalue weighted by atomic mass is 32.2. The van der Waals surface area contributed by atoms with Crippen LogP contribution in [-0.2, 0) is 37.5 Å². The van der Waals surface area contributed by atoms with E-state index in [-0.39, 0.29) is 18.8 Å². The summed E-state index contributed by atoms with van der Waals surface area (Å²) in [5.74, 6) is -0.770. The molecular formula is C21H25NO7S. The monoisotopic (exact) mass is 435 g/mol. The highest BCUT2D eigenvalue weighted by Gasteiger charge is 2.18. The van der Waals surface area contributed by atoms with E-state index in [9.17, 15) is 18.3 Å². The van der Waals surface area contributed by atoms with Gasteiger partial charge in [0.25, 0.3) is 0 Å². The number of nitrogens with zero attached hydrogens (tertiary/aromatic N) is 1. The first-order valence-electron chi connectivity index (χ1n) is 9.26. The standard InChI is InChI=1S/C21H25NO7S/c1-4-27-20(21(23)24)13-17-6-5-7-18(12-17)15(2)22-28-14-16-8-10-19(11-9-16)29-30(3,25)26/h5-12,20H,4,13-14H2,1-3H3,(H,23,24)/b22-15+/t20-/m0/s1. The van der Waals surface area contributed by atoms with Crippen LogP contribution in [0.3, 0.4) is 0 Å². The molecular weight excluding hydrogens is 410 g/mol. The number of carbonyl (C=O) groups is 1. The fourth-order valence-electron chi connectivity index (χ4n) is 2.63. The number of benzene rings is 2. The van der Waals surface area contributed by atoms with Crippen LogP contribution in [0.25, 0.3) is 0 Å². The number of carboxylic acid groups (broad SMARTS) is 1. The Labute approximate surface area is 176 Å². The molecule has 0 aliphatic carbocycles. The Morgan fingerprint density at radius 3 is 2.43 bits per heavy atom. The minimum atomic E-state index is -3.56. The molecule has 1 atom stereocenters. The summed E-state index contributed by atoms with van der Waals surface area (Å²) in [5, 5.41) is 13.3. The van der Waals surface area contributed by atoms with E-state index in [0.717, 1.165) is 22.9 Å². The SMILES string of the molecule is CCO[C@@H](Cc1cccc(/C(C)=N/OCc2ccc(OS(C)(=O)=O)cc2)c1)C(=O)O. The van der Waals surface area contributed by atoms with Crippen LogP contribution in [0.15, 0.2) is 53.7 Å². The molecule has 0 saturated carbocycles. The van der Waals surface area contributed by atoms with Crippen molar-refractivity contribution < 1.29 is 32.1 Å². The number of carboxylic acids is 1. The Morgan fingerprint density at radius 1 is 1.13 bits per heavy atom. The van der Waals surface area contributed by atoms with Crippen molar-refractivity contribution in [2.75, 3.05) is 12.9 Å². The minimum Gasteiger partial charge on any atom is -0.479 e. The maximum absolute atomic E-state index is 11.3. The molecule has 1 N–H and O–H groups in total. The molecule has 0 aliphatic heterocycles. The van der Waals surface area contributed by atoms with Crippen LogP contribution in [0.2, 0.25) is 0 Å². The second kappa shape index (κ2) is 10.7. The molecule has 2 aromatic rings. The van der Waals surface area contributed by atoms with Crippen LogP contribution in [0, 0.1) is 0 Å². The second-order valence-electron chi connectivity index (χ2n) is 6.57. The van der Waals surface area contributed by atoms with E-state index in [1.807, 2.05) is 24.3 Å². The van der Waals surface area contributed by atoms with Crippen LogP contribution < -0.4 is 4.18 Å². The topological polar surface area (TPSA) is 111 Å². The number of oxime groups is 1. The quantitative estimate of drug-likeness (QED) is 0.328. The van der Waals surface area contributed by atoms with Gasteiger partial charge in [0.05, 0.1) is 12.0 Å². The molecule has 2 aromatic carbocycles. The van der Waals surface area contributed by atoms with Crippen LogP contribution in [0.1, 0.15) is 30.5 Å². The highest BCUT2D eigenvalue weighted by molar-refractivity contribution is 7.86. The minimum absolute atomic E-state index is 0.196. The molecule has 0 amide bonds. The van der Waals surface area contributed by atoms with E-state index in [2.05, 4.69) is 5.16 Å². The number of ether oxygens (including phenoxy) is 1.